The molecule has 2 fully saturated rings. The van der Waals surface area contributed by atoms with Crippen LogP contribution in [0.25, 0.3) is 0 Å². The van der Waals surface area contributed by atoms with E-state index in [0.717, 1.165) is 37.9 Å². The molecule has 0 spiro atoms. The molecule has 3 heteroatoms. The quantitative estimate of drug-likeness (QED) is 0.404. The molecule has 0 radical (unpaired) electrons. The fourth-order valence-electron chi connectivity index (χ4n) is 7.37. The fraction of sp³-hybridized carbons (Fsp3) is 0.581. The first-order valence-electron chi connectivity index (χ1n) is 13.5. The minimum Gasteiger partial charge on any atom is -0.489 e. The molecule has 0 amide bonds. The van der Waals surface area contributed by atoms with E-state index in [1.807, 2.05) is 6.92 Å². The third-order valence-electron chi connectivity index (χ3n) is 9.14. The Balaban J connectivity index is 1.38. The molecule has 2 saturated carbocycles. The summed E-state index contributed by atoms with van der Waals surface area (Å²) in [4.78, 5) is 12.1. The minimum absolute atomic E-state index is 0.0322. The molecule has 2 aromatic rings. The molecule has 3 nitrogen and oxygen atoms in total. The van der Waals surface area contributed by atoms with Crippen molar-refractivity contribution in [1.29, 1.82) is 0 Å². The van der Waals surface area contributed by atoms with Gasteiger partial charge >= 0.3 is 5.97 Å². The fourth-order valence-corrected chi connectivity index (χ4v) is 7.37. The summed E-state index contributed by atoms with van der Waals surface area (Å²) in [6.07, 6.45) is 9.77. The van der Waals surface area contributed by atoms with Crippen molar-refractivity contribution >= 4 is 5.97 Å². The molecule has 182 valence electrons. The van der Waals surface area contributed by atoms with E-state index in [0.29, 0.717) is 30.8 Å². The van der Waals surface area contributed by atoms with Gasteiger partial charge in [0.1, 0.15) is 18.5 Å². The maximum Gasteiger partial charge on any atom is 0.305 e. The Bertz CT molecular complexity index is 1010. The zero-order chi connectivity index (χ0) is 23.7. The van der Waals surface area contributed by atoms with Gasteiger partial charge in [-0.25, -0.2) is 0 Å². The number of carbonyl (C=O) groups is 1. The Morgan fingerprint density at radius 2 is 1.88 bits per heavy atom. The third kappa shape index (κ3) is 4.27. The van der Waals surface area contributed by atoms with Crippen molar-refractivity contribution in [3.05, 3.63) is 64.7 Å². The zero-order valence-electron chi connectivity index (χ0n) is 21.1. The molecule has 3 aliphatic carbocycles. The maximum absolute atomic E-state index is 12.1. The molecular weight excluding hydrogens is 420 g/mol. The highest BCUT2D eigenvalue weighted by atomic mass is 16.5. The molecule has 0 saturated heterocycles. The van der Waals surface area contributed by atoms with Crippen molar-refractivity contribution in [3.63, 3.8) is 0 Å². The number of carbonyl (C=O) groups excluding carboxylic acids is 1. The minimum atomic E-state index is -0.0322. The maximum atomic E-state index is 12.1. The summed E-state index contributed by atoms with van der Waals surface area (Å²) in [5.41, 5.74) is 5.82. The van der Waals surface area contributed by atoms with Gasteiger partial charge in [0, 0.05) is 11.8 Å². The van der Waals surface area contributed by atoms with Gasteiger partial charge in [-0.3, -0.25) is 4.79 Å². The van der Waals surface area contributed by atoms with Crippen molar-refractivity contribution in [2.24, 2.45) is 17.3 Å². The van der Waals surface area contributed by atoms with Gasteiger partial charge in [0.25, 0.3) is 0 Å². The lowest BCUT2D eigenvalue weighted by atomic mass is 9.55. The van der Waals surface area contributed by atoms with E-state index < -0.39 is 0 Å². The molecule has 5 rings (SSSR count). The van der Waals surface area contributed by atoms with Crippen molar-refractivity contribution in [2.75, 3.05) is 0 Å². The first-order valence-corrected chi connectivity index (χ1v) is 13.5. The lowest BCUT2D eigenvalue weighted by Gasteiger charge is -2.50. The molecule has 0 aliphatic heterocycles. The van der Waals surface area contributed by atoms with Crippen LogP contribution in [0, 0.1) is 17.3 Å². The summed E-state index contributed by atoms with van der Waals surface area (Å²) in [6.45, 7) is 7.19. The van der Waals surface area contributed by atoms with Gasteiger partial charge in [-0.05, 0) is 91.0 Å². The average Bonchev–Trinajstić information content (AvgIpc) is 3.19. The van der Waals surface area contributed by atoms with E-state index in [2.05, 4.69) is 56.3 Å². The smallest absolute Gasteiger partial charge is 0.305 e. The zero-order valence-corrected chi connectivity index (χ0v) is 21.1. The normalized spacial score (nSPS) is 29.6. The molecule has 0 bridgehead atoms. The molecule has 2 aromatic carbocycles. The number of hydrogen-bond acceptors (Lipinski definition) is 3. The van der Waals surface area contributed by atoms with Gasteiger partial charge in [-0.2, -0.15) is 0 Å². The summed E-state index contributed by atoms with van der Waals surface area (Å²) >= 11 is 0. The molecule has 0 aromatic heterocycles. The van der Waals surface area contributed by atoms with Crippen molar-refractivity contribution in [2.45, 2.75) is 97.2 Å². The molecule has 1 unspecified atom stereocenters. The van der Waals surface area contributed by atoms with E-state index in [-0.39, 0.29) is 17.5 Å². The summed E-state index contributed by atoms with van der Waals surface area (Å²) < 4.78 is 12.3. The molecule has 34 heavy (non-hydrogen) atoms. The van der Waals surface area contributed by atoms with Gasteiger partial charge in [0.15, 0.2) is 0 Å². The largest absolute Gasteiger partial charge is 0.489 e. The Labute approximate surface area is 205 Å². The number of ether oxygens (including phenoxy) is 2. The standard InChI is InChI=1S/C31H40O3/c1-4-9-23-18-26-22(19-28(23)33-20-21-10-7-6-8-11-21)12-13-25-24(26)16-17-31(3)27(25)14-15-29(31)34-30(32)5-2/h6-8,10-11,18-19,24-25,27,29H,4-5,9,12-17,20H2,1-3H3/t24-,25+,27-,29?,31-/m0/s1. The van der Waals surface area contributed by atoms with E-state index in [1.165, 1.54) is 36.0 Å². The van der Waals surface area contributed by atoms with Crippen molar-refractivity contribution in [3.8, 4) is 5.75 Å². The number of benzene rings is 2. The number of hydrogen-bond donors (Lipinski definition) is 0. The van der Waals surface area contributed by atoms with Crippen LogP contribution in [-0.2, 0) is 29.0 Å². The monoisotopic (exact) mass is 460 g/mol. The third-order valence-corrected chi connectivity index (χ3v) is 9.14. The van der Waals surface area contributed by atoms with E-state index in [9.17, 15) is 4.79 Å². The highest BCUT2D eigenvalue weighted by molar-refractivity contribution is 5.69. The lowest BCUT2D eigenvalue weighted by molar-refractivity contribution is -0.157. The highest BCUT2D eigenvalue weighted by Gasteiger charge is 2.56. The van der Waals surface area contributed by atoms with Crippen LogP contribution in [0.15, 0.2) is 42.5 Å². The van der Waals surface area contributed by atoms with Gasteiger partial charge in [0.05, 0.1) is 0 Å². The molecule has 5 atom stereocenters. The number of aryl methyl sites for hydroxylation is 2. The van der Waals surface area contributed by atoms with Crippen LogP contribution in [0.4, 0.5) is 0 Å². The summed E-state index contributed by atoms with van der Waals surface area (Å²) in [5.74, 6) is 3.06. The molecule has 3 aliphatic rings. The summed E-state index contributed by atoms with van der Waals surface area (Å²) in [6, 6.07) is 15.3. The number of rotatable bonds is 7. The summed E-state index contributed by atoms with van der Waals surface area (Å²) in [5, 5.41) is 0. The SMILES string of the molecule is CCCc1cc2c(cc1OCc1ccccc1)CC[C@@H]1[C@@H]2CC[C@]2(C)C(OC(=O)CC)CC[C@@H]12. The second-order valence-electron chi connectivity index (χ2n) is 11.1. The van der Waals surface area contributed by atoms with E-state index in [1.54, 1.807) is 5.56 Å². The van der Waals surface area contributed by atoms with Gasteiger partial charge < -0.3 is 9.47 Å². The lowest BCUT2D eigenvalue weighted by Crippen LogP contribution is -2.45. The topological polar surface area (TPSA) is 35.5 Å². The molecule has 0 N–H and O–H groups in total. The van der Waals surface area contributed by atoms with E-state index in [4.69, 9.17) is 9.47 Å². The van der Waals surface area contributed by atoms with Crippen molar-refractivity contribution < 1.29 is 14.3 Å². The number of fused-ring (bicyclic) bond motifs is 5. The molecular formula is C31H40O3. The van der Waals surface area contributed by atoms with Crippen LogP contribution in [0.5, 0.6) is 5.75 Å². The first kappa shape index (κ1) is 23.5. The molecule has 0 heterocycles. The predicted octanol–water partition coefficient (Wildman–Crippen LogP) is 7.40. The van der Waals surface area contributed by atoms with Gasteiger partial charge in [-0.15, -0.1) is 0 Å². The predicted molar refractivity (Wildman–Crippen MR) is 136 cm³/mol. The van der Waals surface area contributed by atoms with Crippen LogP contribution >= 0.6 is 0 Å². The Morgan fingerprint density at radius 1 is 1.06 bits per heavy atom. The van der Waals surface area contributed by atoms with Crippen LogP contribution in [0.3, 0.4) is 0 Å². The van der Waals surface area contributed by atoms with Crippen molar-refractivity contribution in [1.82, 2.24) is 0 Å². The summed E-state index contributed by atoms with van der Waals surface area (Å²) in [7, 11) is 0. The van der Waals surface area contributed by atoms with Gasteiger partial charge in [-0.1, -0.05) is 63.6 Å². The first-order chi connectivity index (χ1) is 16.5. The Kier molecular flexibility index (Phi) is 6.73. The Hall–Kier alpha value is -2.29. The second-order valence-corrected chi connectivity index (χ2v) is 11.1. The van der Waals surface area contributed by atoms with Crippen LogP contribution in [-0.4, -0.2) is 12.1 Å². The second kappa shape index (κ2) is 9.76. The highest BCUT2D eigenvalue weighted by Crippen LogP contribution is 2.61. The van der Waals surface area contributed by atoms with E-state index >= 15 is 0 Å². The van der Waals surface area contributed by atoms with Crippen LogP contribution in [0.1, 0.15) is 93.9 Å². The van der Waals surface area contributed by atoms with Crippen LogP contribution in [0.2, 0.25) is 0 Å². The average molecular weight is 461 g/mol. The van der Waals surface area contributed by atoms with Crippen LogP contribution < -0.4 is 4.74 Å². The Morgan fingerprint density at radius 3 is 2.65 bits per heavy atom. The number of esters is 1. The van der Waals surface area contributed by atoms with Gasteiger partial charge in [0.2, 0.25) is 0 Å².